The number of hydrogen-bond acceptors (Lipinski definition) is 2. The molecule has 0 aliphatic carbocycles. The van der Waals surface area contributed by atoms with Gasteiger partial charge in [0.15, 0.2) is 5.78 Å². The lowest BCUT2D eigenvalue weighted by molar-refractivity contribution is 0.0982. The first-order valence-corrected chi connectivity index (χ1v) is 9.19. The standard InChI is InChI=1S/C16H25BrOS/c1-2-3-4-5-6-7-8-9-10-11-15(18)16-14(17)12-13-19-16/h12-13H,2-11H2,1H3. The Balaban J connectivity index is 1.96. The van der Waals surface area contributed by atoms with Crippen LogP contribution in [0.25, 0.3) is 0 Å². The molecule has 108 valence electrons. The second kappa shape index (κ2) is 10.6. The van der Waals surface area contributed by atoms with Gasteiger partial charge in [-0.1, -0.05) is 58.3 Å². The second-order valence-electron chi connectivity index (χ2n) is 5.10. The molecule has 0 unspecified atom stereocenters. The maximum atomic E-state index is 11.9. The lowest BCUT2D eigenvalue weighted by Crippen LogP contribution is -1.96. The lowest BCUT2D eigenvalue weighted by Gasteiger charge is -2.02. The average molecular weight is 345 g/mol. The van der Waals surface area contributed by atoms with E-state index < -0.39 is 0 Å². The van der Waals surface area contributed by atoms with Crippen molar-refractivity contribution in [3.63, 3.8) is 0 Å². The highest BCUT2D eigenvalue weighted by Crippen LogP contribution is 2.24. The molecule has 0 saturated carbocycles. The Morgan fingerprint density at radius 3 is 2.16 bits per heavy atom. The fourth-order valence-electron chi connectivity index (χ4n) is 2.20. The van der Waals surface area contributed by atoms with E-state index in [0.29, 0.717) is 12.2 Å². The first-order valence-electron chi connectivity index (χ1n) is 7.52. The molecule has 0 aromatic carbocycles. The van der Waals surface area contributed by atoms with Crippen LogP contribution < -0.4 is 0 Å². The van der Waals surface area contributed by atoms with Gasteiger partial charge >= 0.3 is 0 Å². The van der Waals surface area contributed by atoms with Crippen LogP contribution in [0.4, 0.5) is 0 Å². The van der Waals surface area contributed by atoms with Crippen molar-refractivity contribution in [2.75, 3.05) is 0 Å². The molecule has 1 aromatic rings. The molecular formula is C16H25BrOS. The van der Waals surface area contributed by atoms with Gasteiger partial charge in [0.2, 0.25) is 0 Å². The Labute approximate surface area is 129 Å². The maximum absolute atomic E-state index is 11.9. The van der Waals surface area contributed by atoms with Gasteiger partial charge < -0.3 is 0 Å². The second-order valence-corrected chi connectivity index (χ2v) is 6.87. The van der Waals surface area contributed by atoms with Gasteiger partial charge in [-0.15, -0.1) is 11.3 Å². The molecule has 1 aromatic heterocycles. The van der Waals surface area contributed by atoms with Crippen molar-refractivity contribution in [3.8, 4) is 0 Å². The predicted octanol–water partition coefficient (Wildman–Crippen LogP) is 6.61. The number of carbonyl (C=O) groups excluding carboxylic acids is 1. The number of carbonyl (C=O) groups is 1. The summed E-state index contributed by atoms with van der Waals surface area (Å²) < 4.78 is 0.957. The zero-order valence-electron chi connectivity index (χ0n) is 11.9. The van der Waals surface area contributed by atoms with Crippen LogP contribution >= 0.6 is 27.3 Å². The summed E-state index contributed by atoms with van der Waals surface area (Å²) >= 11 is 4.96. The molecule has 19 heavy (non-hydrogen) atoms. The van der Waals surface area contributed by atoms with Crippen LogP contribution in [0.2, 0.25) is 0 Å². The molecule has 0 spiro atoms. The minimum absolute atomic E-state index is 0.296. The highest BCUT2D eigenvalue weighted by Gasteiger charge is 2.10. The largest absolute Gasteiger partial charge is 0.293 e. The van der Waals surface area contributed by atoms with Crippen LogP contribution in [-0.4, -0.2) is 5.78 Å². The smallest absolute Gasteiger partial charge is 0.173 e. The van der Waals surface area contributed by atoms with E-state index in [1.165, 1.54) is 51.4 Å². The van der Waals surface area contributed by atoms with Crippen LogP contribution in [0, 0.1) is 0 Å². The van der Waals surface area contributed by atoms with Crippen molar-refractivity contribution in [2.24, 2.45) is 0 Å². The van der Waals surface area contributed by atoms with Gasteiger partial charge in [-0.05, 0) is 33.8 Å². The Morgan fingerprint density at radius 1 is 1.05 bits per heavy atom. The monoisotopic (exact) mass is 344 g/mol. The molecular weight excluding hydrogens is 320 g/mol. The van der Waals surface area contributed by atoms with Crippen LogP contribution in [-0.2, 0) is 0 Å². The molecule has 0 atom stereocenters. The molecule has 1 rings (SSSR count). The molecule has 3 heteroatoms. The Kier molecular flexibility index (Phi) is 9.44. The highest BCUT2D eigenvalue weighted by atomic mass is 79.9. The van der Waals surface area contributed by atoms with Crippen LogP contribution in [0.5, 0.6) is 0 Å². The molecule has 0 aliphatic rings. The van der Waals surface area contributed by atoms with Crippen LogP contribution in [0.1, 0.15) is 80.8 Å². The number of rotatable bonds is 11. The summed E-state index contributed by atoms with van der Waals surface area (Å²) in [6, 6.07) is 1.95. The van der Waals surface area contributed by atoms with Crippen molar-refractivity contribution in [3.05, 3.63) is 20.8 Å². The van der Waals surface area contributed by atoms with Gasteiger partial charge in [-0.25, -0.2) is 0 Å². The van der Waals surface area contributed by atoms with Crippen molar-refractivity contribution in [2.45, 2.75) is 71.1 Å². The fraction of sp³-hybridized carbons (Fsp3) is 0.688. The quantitative estimate of drug-likeness (QED) is 0.325. The van der Waals surface area contributed by atoms with Crippen LogP contribution in [0.15, 0.2) is 15.9 Å². The molecule has 0 amide bonds. The van der Waals surface area contributed by atoms with E-state index in [1.807, 2.05) is 11.4 Å². The molecule has 0 aliphatic heterocycles. The molecule has 0 N–H and O–H groups in total. The normalized spacial score (nSPS) is 10.8. The van der Waals surface area contributed by atoms with Gasteiger partial charge in [0.05, 0.1) is 4.88 Å². The van der Waals surface area contributed by atoms with E-state index >= 15 is 0 Å². The minimum atomic E-state index is 0.296. The summed E-state index contributed by atoms with van der Waals surface area (Å²) in [7, 11) is 0. The van der Waals surface area contributed by atoms with Gasteiger partial charge in [0, 0.05) is 10.9 Å². The van der Waals surface area contributed by atoms with Crippen molar-refractivity contribution >= 4 is 33.0 Å². The van der Waals surface area contributed by atoms with Crippen molar-refractivity contribution in [1.82, 2.24) is 0 Å². The SMILES string of the molecule is CCCCCCCCCCCC(=O)c1sccc1Br. The number of Topliss-reactive ketones (excluding diaryl/α,β-unsaturated/α-hetero) is 1. The third-order valence-corrected chi connectivity index (χ3v) is 5.26. The molecule has 1 heterocycles. The van der Waals surface area contributed by atoms with Gasteiger partial charge in [0.25, 0.3) is 0 Å². The Hall–Kier alpha value is -0.150. The number of unbranched alkanes of at least 4 members (excludes halogenated alkanes) is 8. The predicted molar refractivity (Wildman–Crippen MR) is 88.2 cm³/mol. The minimum Gasteiger partial charge on any atom is -0.293 e. The molecule has 1 nitrogen and oxygen atoms in total. The first-order chi connectivity index (χ1) is 9.25. The molecule has 0 fully saturated rings. The number of halogens is 1. The van der Waals surface area contributed by atoms with E-state index in [9.17, 15) is 4.79 Å². The number of ketones is 1. The van der Waals surface area contributed by atoms with Gasteiger partial charge in [0.1, 0.15) is 0 Å². The van der Waals surface area contributed by atoms with E-state index in [-0.39, 0.29) is 0 Å². The topological polar surface area (TPSA) is 17.1 Å². The first kappa shape index (κ1) is 16.9. The summed E-state index contributed by atoms with van der Waals surface area (Å²) in [5.74, 6) is 0.296. The molecule has 0 radical (unpaired) electrons. The third-order valence-electron chi connectivity index (χ3n) is 3.38. The van der Waals surface area contributed by atoms with Gasteiger partial charge in [-0.2, -0.15) is 0 Å². The maximum Gasteiger partial charge on any atom is 0.173 e. The van der Waals surface area contributed by atoms with E-state index in [4.69, 9.17) is 0 Å². The zero-order valence-corrected chi connectivity index (χ0v) is 14.3. The summed E-state index contributed by atoms with van der Waals surface area (Å²) in [5.41, 5.74) is 0. The summed E-state index contributed by atoms with van der Waals surface area (Å²) in [5, 5.41) is 1.97. The lowest BCUT2D eigenvalue weighted by atomic mass is 10.1. The van der Waals surface area contributed by atoms with Crippen molar-refractivity contribution < 1.29 is 4.79 Å². The fourth-order valence-corrected chi connectivity index (χ4v) is 3.77. The summed E-state index contributed by atoms with van der Waals surface area (Å²) in [4.78, 5) is 12.8. The summed E-state index contributed by atoms with van der Waals surface area (Å²) in [6.07, 6.45) is 12.4. The zero-order chi connectivity index (χ0) is 13.9. The molecule has 0 saturated heterocycles. The van der Waals surface area contributed by atoms with E-state index in [2.05, 4.69) is 22.9 Å². The Bertz CT molecular complexity index is 359. The van der Waals surface area contributed by atoms with Crippen molar-refractivity contribution in [1.29, 1.82) is 0 Å². The number of thiophene rings is 1. The highest BCUT2D eigenvalue weighted by molar-refractivity contribution is 9.10. The van der Waals surface area contributed by atoms with Crippen LogP contribution in [0.3, 0.4) is 0 Å². The van der Waals surface area contributed by atoms with Gasteiger partial charge in [-0.3, -0.25) is 4.79 Å². The summed E-state index contributed by atoms with van der Waals surface area (Å²) in [6.45, 7) is 2.25. The van der Waals surface area contributed by atoms with E-state index in [1.54, 1.807) is 11.3 Å². The Morgan fingerprint density at radius 2 is 1.63 bits per heavy atom. The average Bonchev–Trinajstić information content (AvgIpc) is 2.83. The number of hydrogen-bond donors (Lipinski definition) is 0. The van der Waals surface area contributed by atoms with E-state index in [0.717, 1.165) is 15.8 Å². The third kappa shape index (κ3) is 7.26. The molecule has 0 bridgehead atoms.